The number of hydrogen-bond acceptors (Lipinski definition) is 3. The largest absolute Gasteiger partial charge is 0.444 e. The highest BCUT2D eigenvalue weighted by Crippen LogP contribution is 2.35. The lowest BCUT2D eigenvalue weighted by atomic mass is 9.78. The Kier molecular flexibility index (Phi) is 3.34. The number of ether oxygens (including phenoxy) is 1. The van der Waals surface area contributed by atoms with E-state index in [-0.39, 0.29) is 12.1 Å². The van der Waals surface area contributed by atoms with Crippen LogP contribution in [0.25, 0.3) is 0 Å². The third kappa shape index (κ3) is 2.92. The van der Waals surface area contributed by atoms with Crippen LogP contribution in [-0.2, 0) is 4.74 Å². The third-order valence-electron chi connectivity index (χ3n) is 3.81. The zero-order chi connectivity index (χ0) is 12.6. The Morgan fingerprint density at radius 3 is 2.59 bits per heavy atom. The van der Waals surface area contributed by atoms with E-state index in [2.05, 4.69) is 0 Å². The van der Waals surface area contributed by atoms with E-state index >= 15 is 0 Å². The quantitative estimate of drug-likeness (QED) is 0.704. The molecular weight excluding hydrogens is 216 g/mol. The molecule has 1 heterocycles. The zero-order valence-electron chi connectivity index (χ0n) is 11.1. The third-order valence-corrected chi connectivity index (χ3v) is 3.81. The van der Waals surface area contributed by atoms with E-state index in [0.29, 0.717) is 11.8 Å². The Hall–Kier alpha value is -0.770. The molecule has 98 valence electrons. The van der Waals surface area contributed by atoms with Crippen molar-refractivity contribution in [3.63, 3.8) is 0 Å². The molecule has 4 nitrogen and oxygen atoms in total. The molecule has 0 spiro atoms. The van der Waals surface area contributed by atoms with Gasteiger partial charge >= 0.3 is 6.09 Å². The number of likely N-dealkylation sites (tertiary alicyclic amines) is 1. The molecule has 0 aromatic carbocycles. The maximum Gasteiger partial charge on any atom is 0.410 e. The molecule has 1 saturated heterocycles. The summed E-state index contributed by atoms with van der Waals surface area (Å²) >= 11 is 0. The van der Waals surface area contributed by atoms with Crippen LogP contribution in [-0.4, -0.2) is 35.7 Å². The normalized spacial score (nSPS) is 33.4. The van der Waals surface area contributed by atoms with Gasteiger partial charge in [0.15, 0.2) is 0 Å². The van der Waals surface area contributed by atoms with Crippen molar-refractivity contribution in [3.8, 4) is 0 Å². The van der Waals surface area contributed by atoms with Crippen molar-refractivity contribution >= 4 is 6.09 Å². The van der Waals surface area contributed by atoms with Crippen molar-refractivity contribution in [1.29, 1.82) is 0 Å². The standard InChI is InChI=1S/C13H24N2O2/c1-13(2,3)17-12(16)15-7-9-5-4-6-11(14)10(9)8-15/h9-11H,4-8,14H2,1-3H3/t9-,10+,11+/m0/s1. The molecule has 4 heteroatoms. The van der Waals surface area contributed by atoms with Gasteiger partial charge < -0.3 is 15.4 Å². The first kappa shape index (κ1) is 12.7. The molecule has 0 aromatic heterocycles. The lowest BCUT2D eigenvalue weighted by Gasteiger charge is -2.29. The monoisotopic (exact) mass is 240 g/mol. The van der Waals surface area contributed by atoms with E-state index in [9.17, 15) is 4.79 Å². The highest BCUT2D eigenvalue weighted by molar-refractivity contribution is 5.68. The maximum absolute atomic E-state index is 12.0. The minimum absolute atomic E-state index is 0.181. The van der Waals surface area contributed by atoms with Gasteiger partial charge in [0, 0.05) is 19.1 Å². The SMILES string of the molecule is CC(C)(C)OC(=O)N1C[C@@H]2CCC[C@@H](N)[C@@H]2C1. The van der Waals surface area contributed by atoms with Crippen molar-refractivity contribution in [3.05, 3.63) is 0 Å². The molecule has 0 unspecified atom stereocenters. The van der Waals surface area contributed by atoms with Crippen LogP contribution in [0.2, 0.25) is 0 Å². The average molecular weight is 240 g/mol. The van der Waals surface area contributed by atoms with Crippen LogP contribution in [0.3, 0.4) is 0 Å². The molecule has 0 bridgehead atoms. The smallest absolute Gasteiger partial charge is 0.410 e. The second-order valence-electron chi connectivity index (χ2n) is 6.40. The first-order valence-electron chi connectivity index (χ1n) is 6.60. The highest BCUT2D eigenvalue weighted by atomic mass is 16.6. The number of fused-ring (bicyclic) bond motifs is 1. The average Bonchev–Trinajstić information content (AvgIpc) is 2.60. The Morgan fingerprint density at radius 1 is 1.29 bits per heavy atom. The highest BCUT2D eigenvalue weighted by Gasteiger charge is 2.41. The summed E-state index contributed by atoms with van der Waals surface area (Å²) in [6.07, 6.45) is 3.32. The fraction of sp³-hybridized carbons (Fsp3) is 0.923. The van der Waals surface area contributed by atoms with Gasteiger partial charge in [-0.2, -0.15) is 0 Å². The van der Waals surface area contributed by atoms with Gasteiger partial charge in [-0.15, -0.1) is 0 Å². The van der Waals surface area contributed by atoms with Gasteiger partial charge in [-0.05, 0) is 45.4 Å². The molecule has 2 aliphatic rings. The van der Waals surface area contributed by atoms with E-state index in [0.717, 1.165) is 19.5 Å². The first-order valence-corrected chi connectivity index (χ1v) is 6.60. The Labute approximate surface area is 103 Å². The number of nitrogens with zero attached hydrogens (tertiary/aromatic N) is 1. The van der Waals surface area contributed by atoms with Crippen LogP contribution < -0.4 is 5.73 Å². The summed E-state index contributed by atoms with van der Waals surface area (Å²) in [5.41, 5.74) is 5.72. The molecule has 0 radical (unpaired) electrons. The van der Waals surface area contributed by atoms with Crippen LogP contribution in [0.4, 0.5) is 4.79 Å². The molecule has 2 rings (SSSR count). The molecule has 1 amide bonds. The topological polar surface area (TPSA) is 55.6 Å². The molecular formula is C13H24N2O2. The fourth-order valence-electron chi connectivity index (χ4n) is 2.99. The number of carbonyl (C=O) groups is 1. The van der Waals surface area contributed by atoms with E-state index in [1.54, 1.807) is 0 Å². The summed E-state index contributed by atoms with van der Waals surface area (Å²) in [5.74, 6) is 1.07. The van der Waals surface area contributed by atoms with Crippen LogP contribution in [0.15, 0.2) is 0 Å². The van der Waals surface area contributed by atoms with Crippen molar-refractivity contribution in [1.82, 2.24) is 4.90 Å². The Bertz CT molecular complexity index is 298. The lowest BCUT2D eigenvalue weighted by Crippen LogP contribution is -2.39. The van der Waals surface area contributed by atoms with Crippen molar-refractivity contribution in [2.45, 2.75) is 51.7 Å². The molecule has 2 N–H and O–H groups in total. The predicted molar refractivity (Wildman–Crippen MR) is 66.6 cm³/mol. The summed E-state index contributed by atoms with van der Waals surface area (Å²) in [4.78, 5) is 13.8. The van der Waals surface area contributed by atoms with Crippen LogP contribution >= 0.6 is 0 Å². The van der Waals surface area contributed by atoms with Crippen molar-refractivity contribution in [2.75, 3.05) is 13.1 Å². The summed E-state index contributed by atoms with van der Waals surface area (Å²) in [6, 6.07) is 0.265. The number of amides is 1. The van der Waals surface area contributed by atoms with Gasteiger partial charge in [-0.1, -0.05) is 6.42 Å². The first-order chi connectivity index (χ1) is 7.87. The number of carbonyl (C=O) groups excluding carboxylic acids is 1. The van der Waals surface area contributed by atoms with E-state index < -0.39 is 5.60 Å². The number of rotatable bonds is 0. The Morgan fingerprint density at radius 2 is 2.00 bits per heavy atom. The minimum atomic E-state index is -0.410. The van der Waals surface area contributed by atoms with Crippen LogP contribution in [0.5, 0.6) is 0 Å². The molecule has 1 saturated carbocycles. The lowest BCUT2D eigenvalue weighted by molar-refractivity contribution is 0.0283. The van der Waals surface area contributed by atoms with Crippen LogP contribution in [0, 0.1) is 11.8 Å². The molecule has 3 atom stereocenters. The molecule has 1 aliphatic heterocycles. The van der Waals surface area contributed by atoms with Gasteiger partial charge in [0.1, 0.15) is 5.60 Å². The number of nitrogens with two attached hydrogens (primary N) is 1. The molecule has 17 heavy (non-hydrogen) atoms. The summed E-state index contributed by atoms with van der Waals surface area (Å²) in [7, 11) is 0. The van der Waals surface area contributed by atoms with Gasteiger partial charge in [0.05, 0.1) is 0 Å². The summed E-state index contributed by atoms with van der Waals surface area (Å²) in [6.45, 7) is 7.31. The molecule has 1 aliphatic carbocycles. The second-order valence-corrected chi connectivity index (χ2v) is 6.40. The predicted octanol–water partition coefficient (Wildman–Crippen LogP) is 1.98. The summed E-state index contributed by atoms with van der Waals surface area (Å²) < 4.78 is 5.41. The fourth-order valence-corrected chi connectivity index (χ4v) is 2.99. The molecule has 0 aromatic rings. The maximum atomic E-state index is 12.0. The zero-order valence-corrected chi connectivity index (χ0v) is 11.1. The summed E-state index contributed by atoms with van der Waals surface area (Å²) in [5, 5.41) is 0. The Balaban J connectivity index is 1.95. The van der Waals surface area contributed by atoms with E-state index in [1.165, 1.54) is 12.8 Å². The minimum Gasteiger partial charge on any atom is -0.444 e. The van der Waals surface area contributed by atoms with Crippen molar-refractivity contribution < 1.29 is 9.53 Å². The number of hydrogen-bond donors (Lipinski definition) is 1. The van der Waals surface area contributed by atoms with Gasteiger partial charge in [-0.3, -0.25) is 0 Å². The molecule has 2 fully saturated rings. The van der Waals surface area contributed by atoms with E-state index in [1.807, 2.05) is 25.7 Å². The van der Waals surface area contributed by atoms with Crippen LogP contribution in [0.1, 0.15) is 40.0 Å². The van der Waals surface area contributed by atoms with Gasteiger partial charge in [-0.25, -0.2) is 4.79 Å². The van der Waals surface area contributed by atoms with E-state index in [4.69, 9.17) is 10.5 Å². The second kappa shape index (κ2) is 4.48. The van der Waals surface area contributed by atoms with Gasteiger partial charge in [0.25, 0.3) is 0 Å². The van der Waals surface area contributed by atoms with Gasteiger partial charge in [0.2, 0.25) is 0 Å². The van der Waals surface area contributed by atoms with Crippen molar-refractivity contribution in [2.24, 2.45) is 17.6 Å².